The molecule has 0 atom stereocenters. The molecule has 4 nitrogen and oxygen atoms in total. The quantitative estimate of drug-likeness (QED) is 0.775. The number of hydrogen-bond acceptors (Lipinski definition) is 4. The van der Waals surface area contributed by atoms with Crippen molar-refractivity contribution in [3.05, 3.63) is 36.4 Å². The van der Waals surface area contributed by atoms with Gasteiger partial charge < -0.3 is 9.32 Å². The van der Waals surface area contributed by atoms with Crippen LogP contribution in [0.2, 0.25) is 0 Å². The lowest BCUT2D eigenvalue weighted by Crippen LogP contribution is -2.37. The Morgan fingerprint density at radius 3 is 2.33 bits per heavy atom. The predicted octanol–water partition coefficient (Wildman–Crippen LogP) is 4.38. The van der Waals surface area contributed by atoms with Crippen molar-refractivity contribution >= 4 is 16.5 Å². The molecule has 2 aromatic rings. The Balaban J connectivity index is 1.48. The third-order valence-electron chi connectivity index (χ3n) is 5.81. The Morgan fingerprint density at radius 1 is 1.07 bits per heavy atom. The summed E-state index contributed by atoms with van der Waals surface area (Å²) < 4.78 is 44.1. The van der Waals surface area contributed by atoms with E-state index >= 15 is 0 Å². The standard InChI is InChI=1S/C20H24F2N2O2S/c1-19(6-8-20(21,22)9-7-19)18-23-17(14-26-18)15-2-4-16(5-3-15)24-10-12-27(25)13-11-24/h2-5,14H,6-13H2,1H3. The van der Waals surface area contributed by atoms with Gasteiger partial charge in [0.25, 0.3) is 0 Å². The zero-order valence-corrected chi connectivity index (χ0v) is 16.2. The van der Waals surface area contributed by atoms with Gasteiger partial charge in [-0.25, -0.2) is 13.8 Å². The van der Waals surface area contributed by atoms with Crippen LogP contribution < -0.4 is 4.90 Å². The summed E-state index contributed by atoms with van der Waals surface area (Å²) in [5.74, 6) is -0.584. The van der Waals surface area contributed by atoms with Crippen molar-refractivity contribution in [2.24, 2.45) is 0 Å². The van der Waals surface area contributed by atoms with Crippen LogP contribution in [0.3, 0.4) is 0 Å². The molecule has 27 heavy (non-hydrogen) atoms. The van der Waals surface area contributed by atoms with Crippen LogP contribution in [0.5, 0.6) is 0 Å². The molecule has 7 heteroatoms. The molecule has 1 aromatic heterocycles. The molecule has 1 saturated carbocycles. The summed E-state index contributed by atoms with van der Waals surface area (Å²) in [4.78, 5) is 6.85. The molecule has 1 aliphatic heterocycles. The second-order valence-electron chi connectivity index (χ2n) is 7.84. The molecule has 4 rings (SSSR count). The minimum Gasteiger partial charge on any atom is -0.448 e. The Bertz CT molecular complexity index is 815. The Labute approximate surface area is 160 Å². The summed E-state index contributed by atoms with van der Waals surface area (Å²) in [6.45, 7) is 3.58. The maximum absolute atomic E-state index is 13.5. The van der Waals surface area contributed by atoms with E-state index in [2.05, 4.69) is 9.88 Å². The second kappa shape index (κ2) is 7.00. The summed E-state index contributed by atoms with van der Waals surface area (Å²) in [6, 6.07) is 8.08. The molecule has 0 N–H and O–H groups in total. The van der Waals surface area contributed by atoms with Gasteiger partial charge in [0.15, 0.2) is 0 Å². The average molecular weight is 394 g/mol. The van der Waals surface area contributed by atoms with Gasteiger partial charge in [0, 0.05) is 64.9 Å². The average Bonchev–Trinajstić information content (AvgIpc) is 3.16. The summed E-state index contributed by atoms with van der Waals surface area (Å²) >= 11 is 0. The van der Waals surface area contributed by atoms with Gasteiger partial charge >= 0.3 is 0 Å². The van der Waals surface area contributed by atoms with Crippen molar-refractivity contribution in [3.8, 4) is 11.3 Å². The molecule has 2 heterocycles. The second-order valence-corrected chi connectivity index (χ2v) is 9.53. The van der Waals surface area contributed by atoms with Crippen molar-refractivity contribution in [2.75, 3.05) is 29.5 Å². The topological polar surface area (TPSA) is 46.3 Å². The van der Waals surface area contributed by atoms with Crippen molar-refractivity contribution in [1.82, 2.24) is 4.98 Å². The number of halogens is 2. The molecular formula is C20H24F2N2O2S. The highest BCUT2D eigenvalue weighted by molar-refractivity contribution is 7.85. The molecule has 146 valence electrons. The fourth-order valence-corrected chi connectivity index (χ4v) is 4.86. The summed E-state index contributed by atoms with van der Waals surface area (Å²) in [7, 11) is -0.689. The highest BCUT2D eigenvalue weighted by Gasteiger charge is 2.44. The number of alkyl halides is 2. The van der Waals surface area contributed by atoms with Crippen LogP contribution in [0.1, 0.15) is 38.5 Å². The molecule has 0 unspecified atom stereocenters. The van der Waals surface area contributed by atoms with Gasteiger partial charge in [-0.2, -0.15) is 0 Å². The van der Waals surface area contributed by atoms with Gasteiger partial charge in [-0.3, -0.25) is 4.21 Å². The lowest BCUT2D eigenvalue weighted by Gasteiger charge is -2.34. The molecule has 1 aliphatic carbocycles. The molecule has 0 spiro atoms. The van der Waals surface area contributed by atoms with Crippen LogP contribution in [-0.2, 0) is 16.2 Å². The van der Waals surface area contributed by atoms with Gasteiger partial charge in [-0.1, -0.05) is 19.1 Å². The number of anilines is 1. The third kappa shape index (κ3) is 3.93. The Morgan fingerprint density at radius 2 is 1.70 bits per heavy atom. The Kier molecular flexibility index (Phi) is 4.82. The number of nitrogens with zero attached hydrogens (tertiary/aromatic N) is 2. The smallest absolute Gasteiger partial charge is 0.248 e. The molecule has 2 aliphatic rings. The number of benzene rings is 1. The Hall–Kier alpha value is -1.76. The van der Waals surface area contributed by atoms with Gasteiger partial charge in [0.1, 0.15) is 12.0 Å². The first kappa shape index (κ1) is 18.6. The van der Waals surface area contributed by atoms with E-state index in [9.17, 15) is 13.0 Å². The molecular weight excluding hydrogens is 370 g/mol. The fourth-order valence-electron chi connectivity index (χ4n) is 3.80. The van der Waals surface area contributed by atoms with E-state index in [4.69, 9.17) is 4.42 Å². The summed E-state index contributed by atoms with van der Waals surface area (Å²) in [5, 5.41) is 0. The first-order valence-corrected chi connectivity index (χ1v) is 10.9. The van der Waals surface area contributed by atoms with Gasteiger partial charge in [0.2, 0.25) is 11.8 Å². The van der Waals surface area contributed by atoms with Crippen molar-refractivity contribution < 1.29 is 17.4 Å². The SMILES string of the molecule is CC1(c2nc(-c3ccc(N4CCS(=O)CC4)cc3)co2)CCC(F)(F)CC1. The maximum Gasteiger partial charge on any atom is 0.248 e. The highest BCUT2D eigenvalue weighted by Crippen LogP contribution is 2.45. The van der Waals surface area contributed by atoms with Crippen LogP contribution in [-0.4, -0.2) is 39.7 Å². The normalized spacial score (nSPS) is 22.7. The van der Waals surface area contributed by atoms with Gasteiger partial charge in [0.05, 0.1) is 0 Å². The van der Waals surface area contributed by atoms with E-state index in [1.165, 1.54) is 0 Å². The number of oxazole rings is 1. The summed E-state index contributed by atoms with van der Waals surface area (Å²) in [6.07, 6.45) is 2.16. The lowest BCUT2D eigenvalue weighted by molar-refractivity contribution is -0.0527. The molecule has 0 amide bonds. The van der Waals surface area contributed by atoms with Crippen molar-refractivity contribution in [2.45, 2.75) is 43.9 Å². The zero-order chi connectivity index (χ0) is 19.1. The molecule has 0 radical (unpaired) electrons. The van der Waals surface area contributed by atoms with E-state index in [-0.39, 0.29) is 12.8 Å². The predicted molar refractivity (Wildman–Crippen MR) is 103 cm³/mol. The first-order valence-electron chi connectivity index (χ1n) is 9.39. The van der Waals surface area contributed by atoms with Crippen molar-refractivity contribution in [1.29, 1.82) is 0 Å². The maximum atomic E-state index is 13.5. The minimum atomic E-state index is -2.56. The molecule has 0 bridgehead atoms. The first-order chi connectivity index (χ1) is 12.8. The molecule has 1 aromatic carbocycles. The van der Waals surface area contributed by atoms with E-state index in [0.29, 0.717) is 30.2 Å². The van der Waals surface area contributed by atoms with Gasteiger partial charge in [-0.15, -0.1) is 0 Å². The molecule has 1 saturated heterocycles. The highest BCUT2D eigenvalue weighted by atomic mass is 32.2. The van der Waals surface area contributed by atoms with E-state index in [0.717, 1.165) is 30.0 Å². The van der Waals surface area contributed by atoms with Crippen LogP contribution >= 0.6 is 0 Å². The van der Waals surface area contributed by atoms with Gasteiger partial charge in [-0.05, 0) is 25.0 Å². The van der Waals surface area contributed by atoms with Crippen LogP contribution in [0.15, 0.2) is 34.9 Å². The van der Waals surface area contributed by atoms with Crippen LogP contribution in [0.25, 0.3) is 11.3 Å². The third-order valence-corrected chi connectivity index (χ3v) is 7.09. The lowest BCUT2D eigenvalue weighted by atomic mass is 9.74. The summed E-state index contributed by atoms with van der Waals surface area (Å²) in [5.41, 5.74) is 2.36. The van der Waals surface area contributed by atoms with E-state index in [1.54, 1.807) is 6.26 Å². The number of rotatable bonds is 3. The van der Waals surface area contributed by atoms with Crippen molar-refractivity contribution in [3.63, 3.8) is 0 Å². The molecule has 2 fully saturated rings. The monoisotopic (exact) mass is 394 g/mol. The number of aromatic nitrogens is 1. The van der Waals surface area contributed by atoms with Crippen LogP contribution in [0.4, 0.5) is 14.5 Å². The van der Waals surface area contributed by atoms with E-state index in [1.807, 2.05) is 31.2 Å². The fraction of sp³-hybridized carbons (Fsp3) is 0.550. The minimum absolute atomic E-state index is 0.115. The van der Waals surface area contributed by atoms with Crippen LogP contribution in [0, 0.1) is 0 Å². The zero-order valence-electron chi connectivity index (χ0n) is 15.4. The van der Waals surface area contributed by atoms with E-state index < -0.39 is 22.1 Å². The largest absolute Gasteiger partial charge is 0.448 e. The number of hydrogen-bond donors (Lipinski definition) is 0.